The van der Waals surface area contributed by atoms with Crippen LogP contribution in [-0.4, -0.2) is 14.5 Å². The van der Waals surface area contributed by atoms with Crippen molar-refractivity contribution in [1.29, 1.82) is 0 Å². The minimum absolute atomic E-state index is 0.0108. The molecule has 0 unspecified atom stereocenters. The first kappa shape index (κ1) is 17.8. The summed E-state index contributed by atoms with van der Waals surface area (Å²) in [5.74, 6) is 1.55. The molecule has 0 atom stereocenters. The monoisotopic (exact) mass is 395 g/mol. The van der Waals surface area contributed by atoms with Crippen LogP contribution in [0.4, 0.5) is 0 Å². The lowest BCUT2D eigenvalue weighted by atomic mass is 10.2. The van der Waals surface area contributed by atoms with Gasteiger partial charge in [0, 0.05) is 30.8 Å². The number of hydrogen-bond acceptors (Lipinski definition) is 6. The van der Waals surface area contributed by atoms with Gasteiger partial charge in [0.1, 0.15) is 17.1 Å². The van der Waals surface area contributed by atoms with Gasteiger partial charge < -0.3 is 4.74 Å². The van der Waals surface area contributed by atoms with Crippen molar-refractivity contribution in [3.05, 3.63) is 81.7 Å². The van der Waals surface area contributed by atoms with Crippen LogP contribution in [-0.2, 0) is 19.4 Å². The first-order valence-electron chi connectivity index (χ1n) is 8.38. The van der Waals surface area contributed by atoms with Crippen molar-refractivity contribution in [3.63, 3.8) is 0 Å². The zero-order chi connectivity index (χ0) is 18.6. The second kappa shape index (κ2) is 7.94. The molecular formula is C20H17N3O2S2. The summed E-state index contributed by atoms with van der Waals surface area (Å²) in [5, 5.41) is 2.63. The molecule has 7 heteroatoms. The Hall–Kier alpha value is -2.64. The number of hydrogen-bond donors (Lipinski definition) is 0. The van der Waals surface area contributed by atoms with Crippen molar-refractivity contribution in [2.45, 2.75) is 17.5 Å². The van der Waals surface area contributed by atoms with Crippen molar-refractivity contribution >= 4 is 33.3 Å². The van der Waals surface area contributed by atoms with E-state index in [1.54, 1.807) is 35.8 Å². The molecule has 0 spiro atoms. The van der Waals surface area contributed by atoms with Crippen LogP contribution in [0.3, 0.4) is 0 Å². The van der Waals surface area contributed by atoms with E-state index < -0.39 is 0 Å². The number of pyridine rings is 1. The van der Waals surface area contributed by atoms with E-state index in [-0.39, 0.29) is 5.56 Å². The number of thiophene rings is 1. The number of rotatable bonds is 6. The van der Waals surface area contributed by atoms with Crippen molar-refractivity contribution in [2.24, 2.45) is 7.05 Å². The number of nitrogens with zero attached hydrogens (tertiary/aromatic N) is 3. The van der Waals surface area contributed by atoms with Gasteiger partial charge in [0.25, 0.3) is 5.56 Å². The van der Waals surface area contributed by atoms with E-state index in [2.05, 4.69) is 9.97 Å². The number of aromatic nitrogens is 3. The standard InChI is InChI=1S/C20H17N3O2S2/c1-23-19(24)18-17(8-10-26-18)22-20(23)27-13-14-4-6-16(7-5-14)25-12-15-3-2-9-21-11-15/h2-11H,12-13H2,1H3. The minimum atomic E-state index is 0.0108. The second-order valence-electron chi connectivity index (χ2n) is 5.98. The Labute approximate surface area is 164 Å². The lowest BCUT2D eigenvalue weighted by molar-refractivity contribution is 0.305. The fraction of sp³-hybridized carbons (Fsp3) is 0.150. The van der Waals surface area contributed by atoms with Crippen molar-refractivity contribution in [3.8, 4) is 5.75 Å². The van der Waals surface area contributed by atoms with Crippen molar-refractivity contribution in [2.75, 3.05) is 0 Å². The van der Waals surface area contributed by atoms with E-state index in [1.165, 1.54) is 11.3 Å². The van der Waals surface area contributed by atoms with Gasteiger partial charge in [-0.05, 0) is 35.2 Å². The summed E-state index contributed by atoms with van der Waals surface area (Å²) >= 11 is 2.99. The highest BCUT2D eigenvalue weighted by Crippen LogP contribution is 2.24. The molecule has 136 valence electrons. The highest BCUT2D eigenvalue weighted by molar-refractivity contribution is 7.98. The molecule has 0 aliphatic carbocycles. The maximum atomic E-state index is 12.4. The van der Waals surface area contributed by atoms with Crippen molar-refractivity contribution in [1.82, 2.24) is 14.5 Å². The molecule has 0 radical (unpaired) electrons. The fourth-order valence-corrected chi connectivity index (χ4v) is 4.31. The van der Waals surface area contributed by atoms with E-state index in [1.807, 2.05) is 47.8 Å². The molecule has 0 bridgehead atoms. The van der Waals surface area contributed by atoms with Crippen LogP contribution in [0, 0.1) is 0 Å². The molecule has 3 heterocycles. The Kier molecular flexibility index (Phi) is 5.22. The van der Waals surface area contributed by atoms with Gasteiger partial charge in [-0.2, -0.15) is 0 Å². The normalized spacial score (nSPS) is 11.0. The van der Waals surface area contributed by atoms with Crippen LogP contribution in [0.15, 0.2) is 70.2 Å². The lowest BCUT2D eigenvalue weighted by Crippen LogP contribution is -2.18. The maximum absolute atomic E-state index is 12.4. The molecule has 27 heavy (non-hydrogen) atoms. The van der Waals surface area contributed by atoms with Gasteiger partial charge in [0.15, 0.2) is 5.16 Å². The van der Waals surface area contributed by atoms with Gasteiger partial charge in [-0.15, -0.1) is 11.3 Å². The molecule has 0 aliphatic heterocycles. The molecule has 4 aromatic rings. The average Bonchev–Trinajstić information content (AvgIpc) is 3.18. The third-order valence-corrected chi connectivity index (χ3v) is 6.06. The van der Waals surface area contributed by atoms with E-state index >= 15 is 0 Å². The van der Waals surface area contributed by atoms with Gasteiger partial charge in [-0.25, -0.2) is 4.98 Å². The number of fused-ring (bicyclic) bond motifs is 1. The molecular weight excluding hydrogens is 378 g/mol. The first-order chi connectivity index (χ1) is 13.2. The Bertz CT molecular complexity index is 1110. The molecule has 0 aliphatic rings. The Morgan fingerprint density at radius 3 is 2.78 bits per heavy atom. The van der Waals surface area contributed by atoms with Crippen LogP contribution < -0.4 is 10.3 Å². The third kappa shape index (κ3) is 4.04. The van der Waals surface area contributed by atoms with Crippen LogP contribution in [0.5, 0.6) is 5.75 Å². The van der Waals surface area contributed by atoms with Crippen LogP contribution in [0.25, 0.3) is 10.2 Å². The number of ether oxygens (including phenoxy) is 1. The molecule has 5 nitrogen and oxygen atoms in total. The molecule has 0 saturated carbocycles. The third-order valence-electron chi connectivity index (χ3n) is 4.07. The van der Waals surface area contributed by atoms with Gasteiger partial charge in [0.05, 0.1) is 5.52 Å². The summed E-state index contributed by atoms with van der Waals surface area (Å²) in [5.41, 5.74) is 2.96. The topological polar surface area (TPSA) is 57.0 Å². The van der Waals surface area contributed by atoms with Gasteiger partial charge in [-0.3, -0.25) is 14.3 Å². The zero-order valence-electron chi connectivity index (χ0n) is 14.7. The second-order valence-corrected chi connectivity index (χ2v) is 7.83. The lowest BCUT2D eigenvalue weighted by Gasteiger charge is -2.09. The summed E-state index contributed by atoms with van der Waals surface area (Å²) in [6.45, 7) is 0.495. The highest BCUT2D eigenvalue weighted by Gasteiger charge is 2.10. The van der Waals surface area contributed by atoms with Crippen LogP contribution in [0.2, 0.25) is 0 Å². The molecule has 3 aromatic heterocycles. The largest absolute Gasteiger partial charge is 0.489 e. The van der Waals surface area contributed by atoms with E-state index in [9.17, 15) is 4.79 Å². The van der Waals surface area contributed by atoms with E-state index in [0.717, 1.165) is 33.3 Å². The first-order valence-corrected chi connectivity index (χ1v) is 10.2. The van der Waals surface area contributed by atoms with Crippen LogP contribution in [0.1, 0.15) is 11.1 Å². The number of benzene rings is 1. The molecule has 1 aromatic carbocycles. The zero-order valence-corrected chi connectivity index (χ0v) is 16.3. The summed E-state index contributed by atoms with van der Waals surface area (Å²) in [7, 11) is 1.77. The summed E-state index contributed by atoms with van der Waals surface area (Å²) in [6.07, 6.45) is 3.54. The van der Waals surface area contributed by atoms with Gasteiger partial charge in [0.2, 0.25) is 0 Å². The molecule has 0 fully saturated rings. The minimum Gasteiger partial charge on any atom is -0.489 e. The Morgan fingerprint density at radius 1 is 1.15 bits per heavy atom. The highest BCUT2D eigenvalue weighted by atomic mass is 32.2. The van der Waals surface area contributed by atoms with E-state index in [4.69, 9.17) is 4.74 Å². The maximum Gasteiger partial charge on any atom is 0.271 e. The Morgan fingerprint density at radius 2 is 2.00 bits per heavy atom. The summed E-state index contributed by atoms with van der Waals surface area (Å²) in [4.78, 5) is 21.0. The average molecular weight is 396 g/mol. The fourth-order valence-electron chi connectivity index (χ4n) is 2.58. The molecule has 0 saturated heterocycles. The summed E-state index contributed by atoms with van der Waals surface area (Å²) < 4.78 is 8.11. The van der Waals surface area contributed by atoms with Crippen LogP contribution >= 0.6 is 23.1 Å². The molecule has 4 rings (SSSR count). The predicted molar refractivity (Wildman–Crippen MR) is 109 cm³/mol. The quantitative estimate of drug-likeness (QED) is 0.361. The van der Waals surface area contributed by atoms with E-state index in [0.29, 0.717) is 11.3 Å². The smallest absolute Gasteiger partial charge is 0.271 e. The summed E-state index contributed by atoms with van der Waals surface area (Å²) in [6, 6.07) is 13.8. The predicted octanol–water partition coefficient (Wildman–Crippen LogP) is 4.26. The van der Waals surface area contributed by atoms with Crippen molar-refractivity contribution < 1.29 is 4.74 Å². The van der Waals surface area contributed by atoms with Gasteiger partial charge >= 0.3 is 0 Å². The number of thioether (sulfide) groups is 1. The Balaban J connectivity index is 1.40. The molecule has 0 N–H and O–H groups in total. The van der Waals surface area contributed by atoms with Gasteiger partial charge in [-0.1, -0.05) is 30.0 Å². The SMILES string of the molecule is Cn1c(SCc2ccc(OCc3cccnc3)cc2)nc2ccsc2c1=O. The molecule has 0 amide bonds.